The average Bonchev–Trinajstić information content (AvgIpc) is 2.76. The van der Waals surface area contributed by atoms with Gasteiger partial charge in [-0.1, -0.05) is 43.2 Å². The van der Waals surface area contributed by atoms with Gasteiger partial charge < -0.3 is 9.45 Å². The molecular formula is C25H32ClN3OS. The van der Waals surface area contributed by atoms with Crippen molar-refractivity contribution < 1.29 is 4.55 Å². The van der Waals surface area contributed by atoms with Crippen LogP contribution < -0.4 is 10.0 Å². The summed E-state index contributed by atoms with van der Waals surface area (Å²) in [6.07, 6.45) is 3.54. The van der Waals surface area contributed by atoms with E-state index in [1.165, 1.54) is 29.7 Å². The topological polar surface area (TPSA) is 55.6 Å². The van der Waals surface area contributed by atoms with Crippen LogP contribution >= 0.6 is 11.6 Å². The zero-order valence-electron chi connectivity index (χ0n) is 18.4. The molecule has 0 aromatic heterocycles. The van der Waals surface area contributed by atoms with Gasteiger partial charge in [-0.15, -0.1) is 5.14 Å². The predicted molar refractivity (Wildman–Crippen MR) is 132 cm³/mol. The van der Waals surface area contributed by atoms with Crippen molar-refractivity contribution in [1.82, 2.24) is 4.90 Å². The lowest BCUT2D eigenvalue weighted by atomic mass is 9.72. The standard InChI is InChI=1S/C25H32ClN3OS/c1-25(2)12-11-20(24(17-25)19-3-5-21(26)6-4-19)18-28-13-15-29(16-14-28)22-7-9-23(10-8-22)31(27)30/h3-10H,11-18,27H2,1-2H3. The third-order valence-electron chi connectivity index (χ3n) is 6.60. The van der Waals surface area contributed by atoms with Crippen LogP contribution in [0, 0.1) is 5.41 Å². The number of benzene rings is 2. The lowest BCUT2D eigenvalue weighted by Crippen LogP contribution is -2.47. The fourth-order valence-electron chi connectivity index (χ4n) is 4.69. The maximum absolute atomic E-state index is 11.4. The molecule has 1 fully saturated rings. The van der Waals surface area contributed by atoms with Crippen LogP contribution in [-0.4, -0.2) is 42.2 Å². The Morgan fingerprint density at radius 3 is 2.26 bits per heavy atom. The molecule has 0 spiro atoms. The van der Waals surface area contributed by atoms with Gasteiger partial charge in [0.1, 0.15) is 0 Å². The molecule has 1 aliphatic heterocycles. The molecule has 4 rings (SSSR count). The third-order valence-corrected chi connectivity index (χ3v) is 7.59. The zero-order valence-corrected chi connectivity index (χ0v) is 20.0. The first-order valence-corrected chi connectivity index (χ1v) is 12.6. The number of piperazine rings is 1. The number of allylic oxidation sites excluding steroid dienone is 1. The van der Waals surface area contributed by atoms with Gasteiger partial charge in [0.15, 0.2) is 4.90 Å². The van der Waals surface area contributed by atoms with Crippen LogP contribution in [0.3, 0.4) is 0 Å². The molecule has 6 heteroatoms. The Labute approximate surface area is 194 Å². The Bertz CT molecular complexity index is 917. The highest BCUT2D eigenvalue weighted by Gasteiger charge is 2.29. The molecule has 2 aromatic carbocycles. The van der Waals surface area contributed by atoms with Crippen LogP contribution in [0.5, 0.6) is 0 Å². The molecule has 4 nitrogen and oxygen atoms in total. The summed E-state index contributed by atoms with van der Waals surface area (Å²) in [4.78, 5) is 5.66. The fraction of sp³-hybridized carbons (Fsp3) is 0.440. The van der Waals surface area contributed by atoms with Crippen molar-refractivity contribution in [2.24, 2.45) is 10.6 Å². The van der Waals surface area contributed by atoms with Crippen LogP contribution in [-0.2, 0) is 11.4 Å². The Balaban J connectivity index is 1.44. The van der Waals surface area contributed by atoms with Crippen molar-refractivity contribution >= 4 is 34.2 Å². The summed E-state index contributed by atoms with van der Waals surface area (Å²) >= 11 is 4.72. The molecule has 31 heavy (non-hydrogen) atoms. The predicted octanol–water partition coefficient (Wildman–Crippen LogP) is 5.11. The number of anilines is 1. The van der Waals surface area contributed by atoms with E-state index < -0.39 is 11.4 Å². The largest absolute Gasteiger partial charge is 0.593 e. The summed E-state index contributed by atoms with van der Waals surface area (Å²) in [6, 6.07) is 16.2. The average molecular weight is 458 g/mol. The summed E-state index contributed by atoms with van der Waals surface area (Å²) in [5.74, 6) is 0. The van der Waals surface area contributed by atoms with Gasteiger partial charge in [0, 0.05) is 43.4 Å². The van der Waals surface area contributed by atoms with E-state index in [9.17, 15) is 4.55 Å². The van der Waals surface area contributed by atoms with Crippen molar-refractivity contribution in [3.05, 3.63) is 64.7 Å². The van der Waals surface area contributed by atoms with Gasteiger partial charge in [-0.2, -0.15) is 0 Å². The minimum Gasteiger partial charge on any atom is -0.593 e. The maximum atomic E-state index is 11.4. The highest BCUT2D eigenvalue weighted by molar-refractivity contribution is 7.89. The molecule has 1 heterocycles. The van der Waals surface area contributed by atoms with Crippen molar-refractivity contribution in [2.75, 3.05) is 37.6 Å². The van der Waals surface area contributed by atoms with E-state index in [1.54, 1.807) is 5.57 Å². The summed E-state index contributed by atoms with van der Waals surface area (Å²) < 4.78 is 11.4. The van der Waals surface area contributed by atoms with Gasteiger partial charge in [-0.05, 0) is 72.2 Å². The molecule has 166 valence electrons. The van der Waals surface area contributed by atoms with Crippen LogP contribution in [0.15, 0.2) is 59.0 Å². The minimum absolute atomic E-state index is 0.344. The minimum atomic E-state index is -1.42. The SMILES string of the molecule is CC1(C)CCC(CN2CCN(c3ccc([S+](N)[O-])cc3)CC2)=C(c2ccc(Cl)cc2)C1. The molecule has 2 aromatic rings. The van der Waals surface area contributed by atoms with E-state index in [0.29, 0.717) is 10.3 Å². The van der Waals surface area contributed by atoms with E-state index in [2.05, 4.69) is 35.8 Å². The molecule has 0 amide bonds. The maximum Gasteiger partial charge on any atom is 0.173 e. The zero-order chi connectivity index (χ0) is 22.0. The molecular weight excluding hydrogens is 426 g/mol. The number of halogens is 1. The van der Waals surface area contributed by atoms with Gasteiger partial charge >= 0.3 is 0 Å². The first-order chi connectivity index (χ1) is 14.8. The van der Waals surface area contributed by atoms with Crippen LogP contribution in [0.1, 0.15) is 38.7 Å². The quantitative estimate of drug-likeness (QED) is 0.634. The smallest absolute Gasteiger partial charge is 0.173 e. The Hall–Kier alpha value is -1.50. The second kappa shape index (κ2) is 9.55. The Morgan fingerprint density at radius 2 is 1.65 bits per heavy atom. The number of hydrogen-bond donors (Lipinski definition) is 1. The number of hydrogen-bond acceptors (Lipinski definition) is 4. The highest BCUT2D eigenvalue weighted by atomic mass is 35.5. The molecule has 2 aliphatic rings. The number of nitrogens with zero attached hydrogens (tertiary/aromatic N) is 2. The van der Waals surface area contributed by atoms with E-state index in [0.717, 1.165) is 44.2 Å². The van der Waals surface area contributed by atoms with E-state index in [1.807, 2.05) is 36.4 Å². The molecule has 0 bridgehead atoms. The van der Waals surface area contributed by atoms with Crippen molar-refractivity contribution in [3.8, 4) is 0 Å². The van der Waals surface area contributed by atoms with Gasteiger partial charge in [0.05, 0.1) is 11.4 Å². The highest BCUT2D eigenvalue weighted by Crippen LogP contribution is 2.43. The lowest BCUT2D eigenvalue weighted by Gasteiger charge is -2.39. The van der Waals surface area contributed by atoms with Gasteiger partial charge in [0.25, 0.3) is 0 Å². The van der Waals surface area contributed by atoms with E-state index in [4.69, 9.17) is 16.7 Å². The second-order valence-electron chi connectivity index (χ2n) is 9.48. The fourth-order valence-corrected chi connectivity index (χ4v) is 5.22. The number of rotatable bonds is 5. The van der Waals surface area contributed by atoms with Crippen molar-refractivity contribution in [3.63, 3.8) is 0 Å². The third kappa shape index (κ3) is 5.65. The summed E-state index contributed by atoms with van der Waals surface area (Å²) in [5.41, 5.74) is 5.94. The van der Waals surface area contributed by atoms with Crippen molar-refractivity contribution in [1.29, 1.82) is 0 Å². The van der Waals surface area contributed by atoms with Crippen LogP contribution in [0.2, 0.25) is 5.02 Å². The lowest BCUT2D eigenvalue weighted by molar-refractivity contribution is 0.264. The summed E-state index contributed by atoms with van der Waals surface area (Å²) in [6.45, 7) is 9.90. The second-order valence-corrected chi connectivity index (χ2v) is 11.0. The Kier molecular flexibility index (Phi) is 6.99. The molecule has 1 aliphatic carbocycles. The number of nitrogens with two attached hydrogens (primary N) is 1. The van der Waals surface area contributed by atoms with Gasteiger partial charge in [0.2, 0.25) is 0 Å². The molecule has 1 atom stereocenters. The van der Waals surface area contributed by atoms with Crippen LogP contribution in [0.4, 0.5) is 5.69 Å². The molecule has 2 N–H and O–H groups in total. The molecule has 1 unspecified atom stereocenters. The molecule has 0 radical (unpaired) electrons. The normalized spacial score (nSPS) is 20.7. The first kappa shape index (κ1) is 22.7. The van der Waals surface area contributed by atoms with Crippen molar-refractivity contribution in [2.45, 2.75) is 38.0 Å². The molecule has 1 saturated heterocycles. The first-order valence-electron chi connectivity index (χ1n) is 11.0. The van der Waals surface area contributed by atoms with E-state index in [-0.39, 0.29) is 0 Å². The molecule has 0 saturated carbocycles. The summed E-state index contributed by atoms with van der Waals surface area (Å²) in [5, 5.41) is 6.26. The van der Waals surface area contributed by atoms with Gasteiger partial charge in [-0.25, -0.2) is 0 Å². The van der Waals surface area contributed by atoms with E-state index >= 15 is 0 Å². The summed E-state index contributed by atoms with van der Waals surface area (Å²) in [7, 11) is 0. The Morgan fingerprint density at radius 1 is 1.00 bits per heavy atom. The van der Waals surface area contributed by atoms with Crippen LogP contribution in [0.25, 0.3) is 5.57 Å². The van der Waals surface area contributed by atoms with Gasteiger partial charge in [-0.3, -0.25) is 4.90 Å². The monoisotopic (exact) mass is 457 g/mol.